The summed E-state index contributed by atoms with van der Waals surface area (Å²) < 4.78 is 1.28. The Morgan fingerprint density at radius 1 is 1.32 bits per heavy atom. The van der Waals surface area contributed by atoms with Gasteiger partial charge in [0.2, 0.25) is 0 Å². The molecule has 7 nitrogen and oxygen atoms in total. The highest BCUT2D eigenvalue weighted by atomic mass is 35.5. The van der Waals surface area contributed by atoms with E-state index in [0.29, 0.717) is 21.9 Å². The summed E-state index contributed by atoms with van der Waals surface area (Å²) in [4.78, 5) is 29.5. The van der Waals surface area contributed by atoms with Crippen molar-refractivity contribution >= 4 is 28.8 Å². The van der Waals surface area contributed by atoms with Gasteiger partial charge in [-0.1, -0.05) is 11.6 Å². The number of fused-ring (bicyclic) bond motifs is 1. The normalized spacial score (nSPS) is 17.1. The molecule has 3 aromatic rings. The molecule has 1 amide bonds. The van der Waals surface area contributed by atoms with Crippen LogP contribution in [0, 0.1) is 0 Å². The van der Waals surface area contributed by atoms with Crippen molar-refractivity contribution in [1.29, 1.82) is 0 Å². The summed E-state index contributed by atoms with van der Waals surface area (Å²) in [6.45, 7) is 1.70. The third-order valence-electron chi connectivity index (χ3n) is 4.34. The first-order chi connectivity index (χ1) is 12.1. The van der Waals surface area contributed by atoms with Crippen molar-refractivity contribution in [2.45, 2.75) is 12.3 Å². The van der Waals surface area contributed by atoms with Crippen LogP contribution in [0.1, 0.15) is 28.4 Å². The van der Waals surface area contributed by atoms with Crippen LogP contribution in [0.15, 0.2) is 41.3 Å². The fourth-order valence-electron chi connectivity index (χ4n) is 3.01. The molecular weight excluding hydrogens is 342 g/mol. The number of hydrogen-bond acceptors (Lipinski definition) is 4. The highest BCUT2D eigenvalue weighted by Gasteiger charge is 2.22. The molecule has 1 atom stereocenters. The van der Waals surface area contributed by atoms with Gasteiger partial charge in [-0.15, -0.1) is 0 Å². The van der Waals surface area contributed by atoms with Crippen LogP contribution < -0.4 is 16.2 Å². The van der Waals surface area contributed by atoms with Crippen LogP contribution >= 0.6 is 11.6 Å². The number of nitrogens with one attached hydrogen (secondary N) is 3. The molecule has 1 fully saturated rings. The van der Waals surface area contributed by atoms with Gasteiger partial charge in [0.25, 0.3) is 11.5 Å². The van der Waals surface area contributed by atoms with Gasteiger partial charge in [-0.25, -0.2) is 9.50 Å². The zero-order chi connectivity index (χ0) is 17.4. The third-order valence-corrected chi connectivity index (χ3v) is 4.59. The van der Waals surface area contributed by atoms with E-state index in [1.807, 2.05) is 0 Å². The number of halogens is 1. The van der Waals surface area contributed by atoms with Gasteiger partial charge in [0.15, 0.2) is 5.65 Å². The number of H-pyrrole nitrogens is 1. The van der Waals surface area contributed by atoms with Gasteiger partial charge in [-0.3, -0.25) is 14.7 Å². The van der Waals surface area contributed by atoms with Crippen LogP contribution in [0.3, 0.4) is 0 Å². The molecule has 1 aliphatic heterocycles. The number of carbonyl (C=O) groups excluding carboxylic acids is 1. The second kappa shape index (κ2) is 6.34. The topological polar surface area (TPSA) is 91.3 Å². The Hall–Kier alpha value is -2.64. The molecule has 0 saturated carbocycles. The Morgan fingerprint density at radius 2 is 2.12 bits per heavy atom. The van der Waals surface area contributed by atoms with E-state index in [2.05, 4.69) is 20.7 Å². The molecule has 0 radical (unpaired) electrons. The lowest BCUT2D eigenvalue weighted by Crippen LogP contribution is -2.19. The van der Waals surface area contributed by atoms with E-state index < -0.39 is 0 Å². The van der Waals surface area contributed by atoms with Crippen molar-refractivity contribution in [3.63, 3.8) is 0 Å². The second-order valence-corrected chi connectivity index (χ2v) is 6.45. The van der Waals surface area contributed by atoms with Crippen LogP contribution in [-0.2, 0) is 0 Å². The Bertz CT molecular complexity index is 986. The van der Waals surface area contributed by atoms with E-state index in [-0.39, 0.29) is 17.4 Å². The number of carbonyl (C=O) groups is 1. The first kappa shape index (κ1) is 15.9. The summed E-state index contributed by atoms with van der Waals surface area (Å²) in [6, 6.07) is 8.34. The Balaban J connectivity index is 1.70. The van der Waals surface area contributed by atoms with E-state index in [1.54, 1.807) is 24.3 Å². The maximum atomic E-state index is 12.6. The molecule has 0 bridgehead atoms. The van der Waals surface area contributed by atoms with Gasteiger partial charge < -0.3 is 10.6 Å². The quantitative estimate of drug-likeness (QED) is 0.668. The number of amides is 1. The Kier molecular flexibility index (Phi) is 4.03. The molecule has 128 valence electrons. The fraction of sp³-hybridized carbons (Fsp3) is 0.235. The number of hydrogen-bond donors (Lipinski definition) is 3. The number of nitrogens with zero attached hydrogens (tertiary/aromatic N) is 2. The lowest BCUT2D eigenvalue weighted by Gasteiger charge is -2.08. The van der Waals surface area contributed by atoms with Crippen molar-refractivity contribution in [1.82, 2.24) is 19.9 Å². The van der Waals surface area contributed by atoms with Crippen LogP contribution in [0.4, 0.5) is 5.69 Å². The first-order valence-electron chi connectivity index (χ1n) is 8.00. The molecule has 0 unspecified atom stereocenters. The lowest BCUT2D eigenvalue weighted by atomic mass is 10.0. The van der Waals surface area contributed by atoms with Crippen molar-refractivity contribution in [3.8, 4) is 0 Å². The molecule has 2 aromatic heterocycles. The summed E-state index contributed by atoms with van der Waals surface area (Å²) in [5.41, 5.74) is 1.76. The molecule has 25 heavy (non-hydrogen) atoms. The minimum Gasteiger partial charge on any atom is -0.322 e. The van der Waals surface area contributed by atoms with Crippen LogP contribution in [-0.4, -0.2) is 33.6 Å². The minimum absolute atomic E-state index is 0.194. The fourth-order valence-corrected chi connectivity index (χ4v) is 3.14. The molecule has 0 spiro atoms. The van der Waals surface area contributed by atoms with Crippen LogP contribution in [0.25, 0.3) is 5.65 Å². The van der Waals surface area contributed by atoms with E-state index in [9.17, 15) is 9.59 Å². The molecule has 4 rings (SSSR count). The summed E-state index contributed by atoms with van der Waals surface area (Å²) in [6.07, 6.45) is 2.42. The highest BCUT2D eigenvalue weighted by Crippen LogP contribution is 2.21. The van der Waals surface area contributed by atoms with Gasteiger partial charge in [0.05, 0.1) is 5.69 Å². The third kappa shape index (κ3) is 3.04. The minimum atomic E-state index is -0.338. The van der Waals surface area contributed by atoms with E-state index in [0.717, 1.165) is 25.2 Å². The predicted octanol–water partition coefficient (Wildman–Crippen LogP) is 2.01. The molecule has 3 N–H and O–H groups in total. The molecule has 8 heteroatoms. The zero-order valence-corrected chi connectivity index (χ0v) is 14.0. The Labute approximate surface area is 148 Å². The maximum absolute atomic E-state index is 12.6. The smallest absolute Gasteiger partial charge is 0.272 e. The van der Waals surface area contributed by atoms with Gasteiger partial charge >= 0.3 is 0 Å². The van der Waals surface area contributed by atoms with Gasteiger partial charge in [0.1, 0.15) is 5.56 Å². The number of aromatic amines is 1. The van der Waals surface area contributed by atoms with Crippen LogP contribution in [0.5, 0.6) is 0 Å². The van der Waals surface area contributed by atoms with Crippen LogP contribution in [0.2, 0.25) is 5.02 Å². The average molecular weight is 358 g/mol. The van der Waals surface area contributed by atoms with E-state index in [4.69, 9.17) is 11.6 Å². The van der Waals surface area contributed by atoms with Crippen molar-refractivity contribution in [2.24, 2.45) is 0 Å². The van der Waals surface area contributed by atoms with Gasteiger partial charge in [-0.05, 0) is 37.2 Å². The Morgan fingerprint density at radius 3 is 2.84 bits per heavy atom. The van der Waals surface area contributed by atoms with Crippen molar-refractivity contribution in [2.75, 3.05) is 18.4 Å². The molecule has 1 aromatic carbocycles. The standard InChI is InChI=1S/C17H16ClN5O2/c18-11-1-3-12(4-2-11)21-17(25)13-9-20-23-15(24)7-14(22-16(13)23)10-5-6-19-8-10/h1-4,7,9-10,19-20H,5-6,8H2,(H,21,25)/t10-/m1/s1. The monoisotopic (exact) mass is 357 g/mol. The predicted molar refractivity (Wildman–Crippen MR) is 95.4 cm³/mol. The molecule has 1 saturated heterocycles. The lowest BCUT2D eigenvalue weighted by molar-refractivity contribution is 0.102. The van der Waals surface area contributed by atoms with E-state index in [1.165, 1.54) is 16.8 Å². The first-order valence-corrected chi connectivity index (χ1v) is 8.38. The van der Waals surface area contributed by atoms with Crippen molar-refractivity contribution < 1.29 is 4.79 Å². The number of anilines is 1. The number of benzene rings is 1. The van der Waals surface area contributed by atoms with E-state index >= 15 is 0 Å². The number of aromatic nitrogens is 3. The molecule has 3 heterocycles. The molecule has 0 aliphatic carbocycles. The van der Waals surface area contributed by atoms with Gasteiger partial charge in [-0.2, -0.15) is 0 Å². The summed E-state index contributed by atoms with van der Waals surface area (Å²) >= 11 is 5.85. The summed E-state index contributed by atoms with van der Waals surface area (Å²) in [5.74, 6) is -0.144. The summed E-state index contributed by atoms with van der Waals surface area (Å²) in [7, 11) is 0. The van der Waals surface area contributed by atoms with Gasteiger partial charge in [0, 0.05) is 35.4 Å². The zero-order valence-electron chi connectivity index (χ0n) is 13.3. The maximum Gasteiger partial charge on any atom is 0.272 e. The average Bonchev–Trinajstić information content (AvgIpc) is 3.26. The SMILES string of the molecule is O=C(Nc1ccc(Cl)cc1)c1c[nH]n2c(=O)cc([C@@H]3CCNC3)nc12. The molecular formula is C17H16ClN5O2. The molecule has 1 aliphatic rings. The second-order valence-electron chi connectivity index (χ2n) is 6.02. The summed E-state index contributed by atoms with van der Waals surface area (Å²) in [5, 5.41) is 9.43. The largest absolute Gasteiger partial charge is 0.322 e. The van der Waals surface area contributed by atoms with Crippen molar-refractivity contribution in [3.05, 3.63) is 63.2 Å². The number of rotatable bonds is 3. The highest BCUT2D eigenvalue weighted by molar-refractivity contribution is 6.30.